The Morgan fingerprint density at radius 2 is 2.09 bits per heavy atom. The highest BCUT2D eigenvalue weighted by molar-refractivity contribution is 5.94. The van der Waals surface area contributed by atoms with Gasteiger partial charge in [-0.15, -0.1) is 0 Å². The highest BCUT2D eigenvalue weighted by atomic mass is 16.5. The number of carbonyl (C=O) groups is 1. The molecule has 0 atom stereocenters. The molecule has 0 radical (unpaired) electrons. The van der Waals surface area contributed by atoms with E-state index in [1.165, 1.54) is 4.57 Å². The zero-order valence-corrected chi connectivity index (χ0v) is 12.9. The molecule has 1 amide bonds. The Balaban J connectivity index is 1.75. The number of rotatable bonds is 4. The molecule has 2 N–H and O–H groups in total. The fourth-order valence-electron chi connectivity index (χ4n) is 2.49. The van der Waals surface area contributed by atoms with Crippen LogP contribution in [-0.4, -0.2) is 22.6 Å². The van der Waals surface area contributed by atoms with Gasteiger partial charge in [0.25, 0.3) is 0 Å². The third kappa shape index (κ3) is 3.11. The maximum atomic E-state index is 12.2. The van der Waals surface area contributed by atoms with E-state index in [0.29, 0.717) is 11.2 Å². The lowest BCUT2D eigenvalue weighted by Crippen LogP contribution is -2.14. The first-order valence-corrected chi connectivity index (χ1v) is 7.18. The zero-order chi connectivity index (χ0) is 16.4. The number of ether oxygens (including phenoxy) is 1. The number of anilines is 1. The smallest absolute Gasteiger partial charge is 0.326 e. The normalized spacial score (nSPS) is 10.7. The summed E-state index contributed by atoms with van der Waals surface area (Å²) in [4.78, 5) is 26.5. The van der Waals surface area contributed by atoms with Crippen molar-refractivity contribution in [1.29, 1.82) is 0 Å². The van der Waals surface area contributed by atoms with E-state index in [4.69, 9.17) is 4.74 Å². The molecule has 0 aliphatic rings. The van der Waals surface area contributed by atoms with E-state index in [1.54, 1.807) is 32.4 Å². The lowest BCUT2D eigenvalue weighted by Gasteiger charge is -2.07. The molecular weight excluding hydrogens is 294 g/mol. The third-order valence-corrected chi connectivity index (χ3v) is 3.69. The van der Waals surface area contributed by atoms with Crippen LogP contribution in [-0.2, 0) is 18.3 Å². The number of amides is 1. The van der Waals surface area contributed by atoms with Crippen LogP contribution in [0.5, 0.6) is 5.75 Å². The summed E-state index contributed by atoms with van der Waals surface area (Å²) in [5.74, 6) is 0.592. The molecule has 0 saturated carbocycles. The molecule has 0 spiro atoms. The number of aromatic amines is 1. The van der Waals surface area contributed by atoms with E-state index in [-0.39, 0.29) is 18.0 Å². The van der Waals surface area contributed by atoms with Crippen molar-refractivity contribution in [3.8, 4) is 5.75 Å². The summed E-state index contributed by atoms with van der Waals surface area (Å²) in [5.41, 5.74) is 2.82. The molecule has 2 aromatic carbocycles. The third-order valence-electron chi connectivity index (χ3n) is 3.69. The van der Waals surface area contributed by atoms with Gasteiger partial charge < -0.3 is 15.0 Å². The molecule has 6 heteroatoms. The fraction of sp³-hybridized carbons (Fsp3) is 0.176. The Kier molecular flexibility index (Phi) is 3.89. The van der Waals surface area contributed by atoms with Crippen molar-refractivity contribution in [1.82, 2.24) is 9.55 Å². The van der Waals surface area contributed by atoms with Gasteiger partial charge in [0.1, 0.15) is 5.75 Å². The predicted octanol–water partition coefficient (Wildman–Crippen LogP) is 2.06. The second kappa shape index (κ2) is 6.00. The van der Waals surface area contributed by atoms with Crippen LogP contribution in [0.2, 0.25) is 0 Å². The molecule has 0 aliphatic carbocycles. The Morgan fingerprint density at radius 1 is 1.26 bits per heavy atom. The van der Waals surface area contributed by atoms with Gasteiger partial charge >= 0.3 is 5.69 Å². The van der Waals surface area contributed by atoms with Crippen LogP contribution in [0.3, 0.4) is 0 Å². The van der Waals surface area contributed by atoms with Crippen LogP contribution in [0.25, 0.3) is 11.0 Å². The van der Waals surface area contributed by atoms with Gasteiger partial charge in [-0.05, 0) is 35.9 Å². The first kappa shape index (κ1) is 14.9. The van der Waals surface area contributed by atoms with Gasteiger partial charge in [-0.25, -0.2) is 4.79 Å². The molecule has 6 nitrogen and oxygen atoms in total. The highest BCUT2D eigenvalue weighted by Gasteiger charge is 2.08. The van der Waals surface area contributed by atoms with Crippen molar-refractivity contribution in [2.24, 2.45) is 7.05 Å². The average molecular weight is 311 g/mol. The number of nitrogens with zero attached hydrogens (tertiary/aromatic N) is 1. The monoisotopic (exact) mass is 311 g/mol. The van der Waals surface area contributed by atoms with Crippen LogP contribution in [0, 0.1) is 0 Å². The van der Waals surface area contributed by atoms with Gasteiger partial charge in [0.05, 0.1) is 24.6 Å². The van der Waals surface area contributed by atoms with E-state index in [1.807, 2.05) is 24.3 Å². The average Bonchev–Trinajstić information content (AvgIpc) is 2.81. The zero-order valence-electron chi connectivity index (χ0n) is 12.9. The van der Waals surface area contributed by atoms with Crippen LogP contribution < -0.4 is 15.7 Å². The van der Waals surface area contributed by atoms with Crippen molar-refractivity contribution < 1.29 is 9.53 Å². The Morgan fingerprint density at radius 3 is 2.87 bits per heavy atom. The number of benzene rings is 2. The number of imidazole rings is 1. The number of methoxy groups -OCH3 is 1. The number of nitrogens with one attached hydrogen (secondary N) is 2. The first-order valence-electron chi connectivity index (χ1n) is 7.18. The van der Waals surface area contributed by atoms with Gasteiger partial charge in [-0.3, -0.25) is 9.36 Å². The van der Waals surface area contributed by atoms with Crippen molar-refractivity contribution in [3.63, 3.8) is 0 Å². The summed E-state index contributed by atoms with van der Waals surface area (Å²) in [6, 6.07) is 12.7. The summed E-state index contributed by atoms with van der Waals surface area (Å²) in [5, 5.41) is 2.84. The summed E-state index contributed by atoms with van der Waals surface area (Å²) < 4.78 is 6.67. The second-order valence-corrected chi connectivity index (χ2v) is 5.30. The van der Waals surface area contributed by atoms with Gasteiger partial charge in [-0.2, -0.15) is 0 Å². The number of aryl methyl sites for hydroxylation is 1. The first-order chi connectivity index (χ1) is 11.1. The minimum absolute atomic E-state index is 0.129. The van der Waals surface area contributed by atoms with Crippen LogP contribution in [0.4, 0.5) is 5.69 Å². The minimum atomic E-state index is -0.181. The number of hydrogen-bond donors (Lipinski definition) is 2. The SMILES string of the molecule is COc1cccc(CC(=O)Nc2ccc3c(c2)[nH]c(=O)n3C)c1. The van der Waals surface area contributed by atoms with Gasteiger partial charge in [0, 0.05) is 12.7 Å². The summed E-state index contributed by atoms with van der Waals surface area (Å²) in [6.07, 6.45) is 0.251. The van der Waals surface area contributed by atoms with Gasteiger partial charge in [0.15, 0.2) is 0 Å². The number of hydrogen-bond acceptors (Lipinski definition) is 3. The molecule has 3 aromatic rings. The van der Waals surface area contributed by atoms with E-state index in [2.05, 4.69) is 10.3 Å². The second-order valence-electron chi connectivity index (χ2n) is 5.30. The van der Waals surface area contributed by atoms with Crippen LogP contribution in [0.1, 0.15) is 5.56 Å². The van der Waals surface area contributed by atoms with E-state index >= 15 is 0 Å². The maximum absolute atomic E-state index is 12.2. The molecule has 0 unspecified atom stereocenters. The summed E-state index contributed by atoms with van der Waals surface area (Å²) in [6.45, 7) is 0. The number of aromatic nitrogens is 2. The lowest BCUT2D eigenvalue weighted by molar-refractivity contribution is -0.115. The standard InChI is InChI=1S/C17H17N3O3/c1-20-15-7-6-12(10-14(15)19-17(20)22)18-16(21)9-11-4-3-5-13(8-11)23-2/h3-8,10H,9H2,1-2H3,(H,18,21)(H,19,22). The molecule has 23 heavy (non-hydrogen) atoms. The molecule has 0 bridgehead atoms. The van der Waals surface area contributed by atoms with Crippen molar-refractivity contribution >= 4 is 22.6 Å². The molecule has 1 aromatic heterocycles. The molecular formula is C17H17N3O3. The molecule has 3 rings (SSSR count). The molecule has 0 aliphatic heterocycles. The Hall–Kier alpha value is -3.02. The molecule has 1 heterocycles. The number of fused-ring (bicyclic) bond motifs is 1. The molecule has 0 fully saturated rings. The molecule has 0 saturated heterocycles. The number of H-pyrrole nitrogens is 1. The number of carbonyl (C=O) groups excluding carboxylic acids is 1. The summed E-state index contributed by atoms with van der Waals surface area (Å²) >= 11 is 0. The largest absolute Gasteiger partial charge is 0.497 e. The van der Waals surface area contributed by atoms with Crippen molar-refractivity contribution in [3.05, 3.63) is 58.5 Å². The van der Waals surface area contributed by atoms with Crippen LogP contribution >= 0.6 is 0 Å². The summed E-state index contributed by atoms with van der Waals surface area (Å²) in [7, 11) is 3.29. The van der Waals surface area contributed by atoms with E-state index in [9.17, 15) is 9.59 Å². The predicted molar refractivity (Wildman–Crippen MR) is 88.9 cm³/mol. The highest BCUT2D eigenvalue weighted by Crippen LogP contribution is 2.17. The van der Waals surface area contributed by atoms with Gasteiger partial charge in [-0.1, -0.05) is 12.1 Å². The van der Waals surface area contributed by atoms with Crippen LogP contribution in [0.15, 0.2) is 47.3 Å². The molecule has 118 valence electrons. The lowest BCUT2D eigenvalue weighted by atomic mass is 10.1. The van der Waals surface area contributed by atoms with E-state index in [0.717, 1.165) is 16.8 Å². The van der Waals surface area contributed by atoms with E-state index < -0.39 is 0 Å². The minimum Gasteiger partial charge on any atom is -0.497 e. The Labute approximate surface area is 132 Å². The Bertz CT molecular complexity index is 924. The van der Waals surface area contributed by atoms with Gasteiger partial charge in [0.2, 0.25) is 5.91 Å². The maximum Gasteiger partial charge on any atom is 0.326 e. The van der Waals surface area contributed by atoms with Crippen molar-refractivity contribution in [2.45, 2.75) is 6.42 Å². The quantitative estimate of drug-likeness (QED) is 0.774. The fourth-order valence-corrected chi connectivity index (χ4v) is 2.49. The topological polar surface area (TPSA) is 76.1 Å². The van der Waals surface area contributed by atoms with Crippen molar-refractivity contribution in [2.75, 3.05) is 12.4 Å².